The summed E-state index contributed by atoms with van der Waals surface area (Å²) in [7, 11) is 0. The number of hydrogen-bond donors (Lipinski definition) is 1. The summed E-state index contributed by atoms with van der Waals surface area (Å²) in [4.78, 5) is 0. The maximum Gasteiger partial charge on any atom is 0.0129 e. The van der Waals surface area contributed by atoms with Crippen molar-refractivity contribution in [2.75, 3.05) is 6.54 Å². The quantitative estimate of drug-likeness (QED) is 0.754. The Morgan fingerprint density at radius 2 is 2.00 bits per heavy atom. The van der Waals surface area contributed by atoms with Crippen LogP contribution in [0.4, 0.5) is 0 Å². The van der Waals surface area contributed by atoms with Crippen LogP contribution in [-0.2, 0) is 0 Å². The largest absolute Gasteiger partial charge is 0.313 e. The Hall–Kier alpha value is -0.0400. The van der Waals surface area contributed by atoms with E-state index in [1.165, 1.54) is 45.1 Å². The standard InChI is InChI=1S/C16H31N/c1-5-9-17-15(14-11-16(14,3)4)13-8-6-7-12(2)10-13/h12-15,17H,5-11H2,1-4H3. The van der Waals surface area contributed by atoms with Gasteiger partial charge in [0.2, 0.25) is 0 Å². The molecule has 17 heavy (non-hydrogen) atoms. The molecular weight excluding hydrogens is 206 g/mol. The van der Waals surface area contributed by atoms with E-state index < -0.39 is 0 Å². The normalized spacial score (nSPS) is 37.8. The lowest BCUT2D eigenvalue weighted by molar-refractivity contribution is 0.196. The van der Waals surface area contributed by atoms with Crippen LogP contribution in [0.15, 0.2) is 0 Å². The monoisotopic (exact) mass is 237 g/mol. The van der Waals surface area contributed by atoms with Gasteiger partial charge in [-0.1, -0.05) is 40.5 Å². The van der Waals surface area contributed by atoms with Crippen molar-refractivity contribution < 1.29 is 0 Å². The van der Waals surface area contributed by atoms with Gasteiger partial charge in [-0.3, -0.25) is 0 Å². The van der Waals surface area contributed by atoms with Crippen LogP contribution in [0.1, 0.15) is 66.2 Å². The SMILES string of the molecule is CCCNC(C1CCCC(C)C1)C1CC1(C)C. The Kier molecular flexibility index (Phi) is 4.18. The summed E-state index contributed by atoms with van der Waals surface area (Å²) in [6, 6.07) is 0.813. The molecule has 0 spiro atoms. The Morgan fingerprint density at radius 3 is 2.53 bits per heavy atom. The van der Waals surface area contributed by atoms with Crippen molar-refractivity contribution in [1.82, 2.24) is 5.32 Å². The van der Waals surface area contributed by atoms with Gasteiger partial charge in [0.15, 0.2) is 0 Å². The van der Waals surface area contributed by atoms with E-state index in [4.69, 9.17) is 0 Å². The van der Waals surface area contributed by atoms with Gasteiger partial charge in [0.05, 0.1) is 0 Å². The van der Waals surface area contributed by atoms with E-state index in [2.05, 4.69) is 33.0 Å². The molecule has 4 unspecified atom stereocenters. The first kappa shape index (κ1) is 13.4. The van der Waals surface area contributed by atoms with Gasteiger partial charge in [-0.2, -0.15) is 0 Å². The smallest absolute Gasteiger partial charge is 0.0129 e. The molecule has 0 heterocycles. The summed E-state index contributed by atoms with van der Waals surface area (Å²) in [5.41, 5.74) is 0.617. The molecule has 2 fully saturated rings. The van der Waals surface area contributed by atoms with Crippen LogP contribution in [0.2, 0.25) is 0 Å². The third-order valence-corrected chi connectivity index (χ3v) is 5.14. The van der Waals surface area contributed by atoms with Gasteiger partial charge in [0.25, 0.3) is 0 Å². The molecule has 0 radical (unpaired) electrons. The van der Waals surface area contributed by atoms with Crippen LogP contribution < -0.4 is 5.32 Å². The fraction of sp³-hybridized carbons (Fsp3) is 1.00. The van der Waals surface area contributed by atoms with Crippen molar-refractivity contribution in [3.05, 3.63) is 0 Å². The average Bonchev–Trinajstić information content (AvgIpc) is 2.88. The fourth-order valence-electron chi connectivity index (χ4n) is 3.88. The third kappa shape index (κ3) is 3.24. The summed E-state index contributed by atoms with van der Waals surface area (Å²) in [6.45, 7) is 10.8. The Balaban J connectivity index is 1.94. The lowest BCUT2D eigenvalue weighted by Crippen LogP contribution is -2.41. The van der Waals surface area contributed by atoms with Crippen LogP contribution in [0.5, 0.6) is 0 Å². The molecule has 1 N–H and O–H groups in total. The van der Waals surface area contributed by atoms with Crippen LogP contribution in [0.25, 0.3) is 0 Å². The Morgan fingerprint density at radius 1 is 1.29 bits per heavy atom. The minimum Gasteiger partial charge on any atom is -0.313 e. The minimum atomic E-state index is 0.617. The van der Waals surface area contributed by atoms with Crippen molar-refractivity contribution >= 4 is 0 Å². The summed E-state index contributed by atoms with van der Waals surface area (Å²) in [5.74, 6) is 2.86. The van der Waals surface area contributed by atoms with E-state index in [1.807, 2.05) is 0 Å². The molecular formula is C16H31N. The predicted octanol–water partition coefficient (Wildman–Crippen LogP) is 4.23. The molecule has 0 saturated heterocycles. The first-order chi connectivity index (χ1) is 8.04. The summed E-state index contributed by atoms with van der Waals surface area (Å²) in [6.07, 6.45) is 8.58. The minimum absolute atomic E-state index is 0.617. The molecule has 0 aromatic heterocycles. The lowest BCUT2D eigenvalue weighted by Gasteiger charge is -2.35. The van der Waals surface area contributed by atoms with Crippen LogP contribution in [0, 0.1) is 23.2 Å². The van der Waals surface area contributed by atoms with Gasteiger partial charge in [0.1, 0.15) is 0 Å². The molecule has 2 saturated carbocycles. The molecule has 0 aliphatic heterocycles. The Labute approximate surface area is 108 Å². The zero-order chi connectivity index (χ0) is 12.5. The fourth-order valence-corrected chi connectivity index (χ4v) is 3.88. The van der Waals surface area contributed by atoms with E-state index in [1.54, 1.807) is 0 Å². The summed E-state index contributed by atoms with van der Waals surface area (Å²) in [5, 5.41) is 3.88. The van der Waals surface area contributed by atoms with E-state index >= 15 is 0 Å². The second-order valence-electron chi connectivity index (χ2n) is 7.31. The second-order valence-corrected chi connectivity index (χ2v) is 7.31. The van der Waals surface area contributed by atoms with Crippen molar-refractivity contribution in [2.45, 2.75) is 72.3 Å². The second kappa shape index (κ2) is 5.30. The highest BCUT2D eigenvalue weighted by molar-refractivity contribution is 5.04. The van der Waals surface area contributed by atoms with Crippen molar-refractivity contribution in [3.63, 3.8) is 0 Å². The summed E-state index contributed by atoms with van der Waals surface area (Å²) < 4.78 is 0. The van der Waals surface area contributed by atoms with Gasteiger partial charge in [-0.05, 0) is 55.4 Å². The van der Waals surface area contributed by atoms with Crippen LogP contribution in [-0.4, -0.2) is 12.6 Å². The maximum atomic E-state index is 3.88. The highest BCUT2D eigenvalue weighted by Crippen LogP contribution is 2.56. The van der Waals surface area contributed by atoms with E-state index in [-0.39, 0.29) is 0 Å². The van der Waals surface area contributed by atoms with E-state index in [0.29, 0.717) is 5.41 Å². The average molecular weight is 237 g/mol. The Bertz CT molecular complexity index is 246. The third-order valence-electron chi connectivity index (χ3n) is 5.14. The molecule has 2 rings (SSSR count). The van der Waals surface area contributed by atoms with Crippen LogP contribution in [0.3, 0.4) is 0 Å². The van der Waals surface area contributed by atoms with Crippen molar-refractivity contribution in [1.29, 1.82) is 0 Å². The first-order valence-electron chi connectivity index (χ1n) is 7.78. The number of hydrogen-bond acceptors (Lipinski definition) is 1. The van der Waals surface area contributed by atoms with Gasteiger partial charge in [-0.15, -0.1) is 0 Å². The highest BCUT2D eigenvalue weighted by Gasteiger charge is 2.51. The molecule has 0 bridgehead atoms. The molecule has 0 aromatic rings. The molecule has 0 aromatic carbocycles. The topological polar surface area (TPSA) is 12.0 Å². The molecule has 4 atom stereocenters. The number of nitrogens with one attached hydrogen (secondary N) is 1. The van der Waals surface area contributed by atoms with Crippen molar-refractivity contribution in [2.24, 2.45) is 23.2 Å². The number of rotatable bonds is 5. The summed E-state index contributed by atoms with van der Waals surface area (Å²) >= 11 is 0. The van der Waals surface area contributed by atoms with E-state index in [0.717, 1.165) is 23.8 Å². The molecule has 1 nitrogen and oxygen atoms in total. The highest BCUT2D eigenvalue weighted by atomic mass is 14.9. The van der Waals surface area contributed by atoms with E-state index in [9.17, 15) is 0 Å². The zero-order valence-electron chi connectivity index (χ0n) is 12.3. The van der Waals surface area contributed by atoms with Gasteiger partial charge in [-0.25, -0.2) is 0 Å². The molecule has 2 aliphatic carbocycles. The zero-order valence-corrected chi connectivity index (χ0v) is 12.3. The van der Waals surface area contributed by atoms with Gasteiger partial charge in [0, 0.05) is 6.04 Å². The maximum absolute atomic E-state index is 3.88. The first-order valence-corrected chi connectivity index (χ1v) is 7.78. The van der Waals surface area contributed by atoms with Gasteiger partial charge < -0.3 is 5.32 Å². The van der Waals surface area contributed by atoms with Crippen molar-refractivity contribution in [3.8, 4) is 0 Å². The molecule has 100 valence electrons. The molecule has 0 amide bonds. The molecule has 1 heteroatoms. The van der Waals surface area contributed by atoms with Gasteiger partial charge >= 0.3 is 0 Å². The van der Waals surface area contributed by atoms with Crippen LogP contribution >= 0.6 is 0 Å². The molecule has 2 aliphatic rings. The predicted molar refractivity (Wildman–Crippen MR) is 75.1 cm³/mol. The lowest BCUT2D eigenvalue weighted by atomic mass is 9.76.